The van der Waals surface area contributed by atoms with Crippen LogP contribution in [0.15, 0.2) is 12.1 Å². The summed E-state index contributed by atoms with van der Waals surface area (Å²) in [5.74, 6) is 0.535. The highest BCUT2D eigenvalue weighted by molar-refractivity contribution is 6.42. The van der Waals surface area contributed by atoms with Gasteiger partial charge >= 0.3 is 6.09 Å². The zero-order valence-corrected chi connectivity index (χ0v) is 15.8. The molecule has 1 heterocycles. The second-order valence-corrected chi connectivity index (χ2v) is 7.66. The molecule has 24 heavy (non-hydrogen) atoms. The third-order valence-electron chi connectivity index (χ3n) is 3.97. The van der Waals surface area contributed by atoms with Gasteiger partial charge in [-0.05, 0) is 39.3 Å². The van der Waals surface area contributed by atoms with Crippen LogP contribution in [0.1, 0.15) is 38.7 Å². The Balaban J connectivity index is 2.29. The Kier molecular flexibility index (Phi) is 5.89. The number of carbonyl (C=O) groups excluding carboxylic acids is 1. The maximum atomic E-state index is 12.4. The molecule has 0 bridgehead atoms. The highest BCUT2D eigenvalue weighted by Crippen LogP contribution is 2.43. The lowest BCUT2D eigenvalue weighted by atomic mass is 9.95. The number of ether oxygens (including phenoxy) is 2. The minimum Gasteiger partial charge on any atom is -0.496 e. The molecule has 7 heteroatoms. The van der Waals surface area contributed by atoms with Crippen molar-refractivity contribution < 1.29 is 19.4 Å². The molecule has 0 aromatic heterocycles. The van der Waals surface area contributed by atoms with Gasteiger partial charge in [0.1, 0.15) is 11.4 Å². The Morgan fingerprint density at radius 2 is 2.04 bits per heavy atom. The monoisotopic (exact) mass is 375 g/mol. The van der Waals surface area contributed by atoms with Crippen molar-refractivity contribution in [3.63, 3.8) is 0 Å². The van der Waals surface area contributed by atoms with Crippen LogP contribution in [0.25, 0.3) is 0 Å². The molecule has 5 nitrogen and oxygen atoms in total. The average Bonchev–Trinajstić information content (AvgIpc) is 2.92. The molecule has 2 atom stereocenters. The van der Waals surface area contributed by atoms with Crippen LogP contribution in [0.5, 0.6) is 5.75 Å². The number of aliphatic hydroxyl groups is 1. The standard InChI is InChI=1S/C17H23Cl2NO4/c1-17(2,3)24-16(22)20-8-10(7-11(20)9-21)14-13(23-4)6-5-12(18)15(14)19/h5-6,10-11,21H,7-9H2,1-4H3/t10-,11-/m0/s1. The summed E-state index contributed by atoms with van der Waals surface area (Å²) in [6.45, 7) is 5.67. The van der Waals surface area contributed by atoms with Crippen LogP contribution in [0.2, 0.25) is 10.0 Å². The van der Waals surface area contributed by atoms with Crippen molar-refractivity contribution >= 4 is 29.3 Å². The predicted molar refractivity (Wildman–Crippen MR) is 94.2 cm³/mol. The third-order valence-corrected chi connectivity index (χ3v) is 4.79. The molecule has 1 aromatic carbocycles. The van der Waals surface area contributed by atoms with E-state index in [1.807, 2.05) is 20.8 Å². The maximum Gasteiger partial charge on any atom is 0.410 e. The number of rotatable bonds is 3. The highest BCUT2D eigenvalue weighted by atomic mass is 35.5. The van der Waals surface area contributed by atoms with Crippen molar-refractivity contribution in [2.24, 2.45) is 0 Å². The van der Waals surface area contributed by atoms with E-state index in [0.717, 1.165) is 5.56 Å². The number of carbonyl (C=O) groups is 1. The third kappa shape index (κ3) is 4.08. The Labute approximate surface area is 152 Å². The number of benzene rings is 1. The molecule has 1 aliphatic heterocycles. The minimum absolute atomic E-state index is 0.0872. The summed E-state index contributed by atoms with van der Waals surface area (Å²) in [6, 6.07) is 3.11. The number of methoxy groups -OCH3 is 1. The van der Waals surface area contributed by atoms with E-state index >= 15 is 0 Å². The summed E-state index contributed by atoms with van der Waals surface area (Å²) in [7, 11) is 1.56. The summed E-state index contributed by atoms with van der Waals surface area (Å²) < 4.78 is 10.8. The van der Waals surface area contributed by atoms with Gasteiger partial charge in [-0.3, -0.25) is 0 Å². The molecule has 0 spiro atoms. The molecular formula is C17H23Cl2NO4. The fourth-order valence-electron chi connectivity index (χ4n) is 2.95. The van der Waals surface area contributed by atoms with Gasteiger partial charge in [-0.1, -0.05) is 23.2 Å². The van der Waals surface area contributed by atoms with E-state index in [4.69, 9.17) is 32.7 Å². The largest absolute Gasteiger partial charge is 0.496 e. The van der Waals surface area contributed by atoms with E-state index in [0.29, 0.717) is 28.8 Å². The lowest BCUT2D eigenvalue weighted by Gasteiger charge is -2.27. The molecule has 1 aromatic rings. The molecule has 2 rings (SSSR count). The molecule has 1 fully saturated rings. The number of hydrogen-bond acceptors (Lipinski definition) is 4. The summed E-state index contributed by atoms with van der Waals surface area (Å²) in [6.07, 6.45) is 0.118. The number of hydrogen-bond donors (Lipinski definition) is 1. The van der Waals surface area contributed by atoms with E-state index in [9.17, 15) is 9.90 Å². The Morgan fingerprint density at radius 3 is 2.58 bits per heavy atom. The van der Waals surface area contributed by atoms with Crippen LogP contribution in [0.3, 0.4) is 0 Å². The maximum absolute atomic E-state index is 12.4. The molecule has 0 radical (unpaired) electrons. The number of aliphatic hydroxyl groups excluding tert-OH is 1. The van der Waals surface area contributed by atoms with Gasteiger partial charge in [-0.15, -0.1) is 0 Å². The van der Waals surface area contributed by atoms with Crippen molar-refractivity contribution in [3.05, 3.63) is 27.7 Å². The predicted octanol–water partition coefficient (Wildman–Crippen LogP) is 4.09. The first-order valence-electron chi connectivity index (χ1n) is 7.80. The number of likely N-dealkylation sites (tertiary alicyclic amines) is 1. The zero-order chi connectivity index (χ0) is 18.1. The summed E-state index contributed by atoms with van der Waals surface area (Å²) in [5.41, 5.74) is 0.164. The van der Waals surface area contributed by atoms with Gasteiger partial charge < -0.3 is 19.5 Å². The van der Waals surface area contributed by atoms with Gasteiger partial charge in [0.2, 0.25) is 0 Å². The number of amides is 1. The molecule has 134 valence electrons. The fraction of sp³-hybridized carbons (Fsp3) is 0.588. The first-order chi connectivity index (χ1) is 11.2. The molecule has 0 saturated carbocycles. The fourth-order valence-corrected chi connectivity index (χ4v) is 3.43. The minimum atomic E-state index is -0.597. The molecule has 1 aliphatic rings. The summed E-state index contributed by atoms with van der Waals surface area (Å²) in [5, 5.41) is 10.5. The quantitative estimate of drug-likeness (QED) is 0.864. The van der Waals surface area contributed by atoms with Gasteiger partial charge in [0.05, 0.1) is 29.8 Å². The molecule has 0 unspecified atom stereocenters. The summed E-state index contributed by atoms with van der Waals surface area (Å²) >= 11 is 12.5. The van der Waals surface area contributed by atoms with Crippen LogP contribution in [0, 0.1) is 0 Å². The zero-order valence-electron chi connectivity index (χ0n) is 14.3. The lowest BCUT2D eigenvalue weighted by molar-refractivity contribution is 0.0174. The second-order valence-electron chi connectivity index (χ2n) is 6.88. The SMILES string of the molecule is COc1ccc(Cl)c(Cl)c1[C@H]1C[C@@H](CO)N(C(=O)OC(C)(C)C)C1. The van der Waals surface area contributed by atoms with Gasteiger partial charge in [-0.25, -0.2) is 4.79 Å². The summed E-state index contributed by atoms with van der Waals surface area (Å²) in [4.78, 5) is 14.0. The average molecular weight is 376 g/mol. The van der Waals surface area contributed by atoms with Gasteiger partial charge in [0.15, 0.2) is 0 Å². The molecule has 1 N–H and O–H groups in total. The number of halogens is 2. The first-order valence-corrected chi connectivity index (χ1v) is 8.56. The van der Waals surface area contributed by atoms with Gasteiger partial charge in [0, 0.05) is 18.0 Å². The van der Waals surface area contributed by atoms with Crippen LogP contribution in [-0.4, -0.2) is 48.0 Å². The Hall–Kier alpha value is -1.17. The Morgan fingerprint density at radius 1 is 1.38 bits per heavy atom. The van der Waals surface area contributed by atoms with Gasteiger partial charge in [0.25, 0.3) is 0 Å². The molecular weight excluding hydrogens is 353 g/mol. The van der Waals surface area contributed by atoms with E-state index in [-0.39, 0.29) is 18.6 Å². The van der Waals surface area contributed by atoms with Crippen LogP contribution >= 0.6 is 23.2 Å². The second kappa shape index (κ2) is 7.38. The van der Waals surface area contributed by atoms with Crippen molar-refractivity contribution in [1.29, 1.82) is 0 Å². The van der Waals surface area contributed by atoms with E-state index in [2.05, 4.69) is 0 Å². The number of nitrogens with zero attached hydrogens (tertiary/aromatic N) is 1. The van der Waals surface area contributed by atoms with Crippen molar-refractivity contribution in [3.8, 4) is 5.75 Å². The van der Waals surface area contributed by atoms with Crippen LogP contribution < -0.4 is 4.74 Å². The highest BCUT2D eigenvalue weighted by Gasteiger charge is 2.39. The van der Waals surface area contributed by atoms with Crippen LogP contribution in [-0.2, 0) is 4.74 Å². The normalized spacial score (nSPS) is 21.0. The molecule has 0 aliphatic carbocycles. The van der Waals surface area contributed by atoms with Crippen molar-refractivity contribution in [2.45, 2.75) is 44.8 Å². The molecule has 1 saturated heterocycles. The lowest BCUT2D eigenvalue weighted by Crippen LogP contribution is -2.41. The first kappa shape index (κ1) is 19.2. The van der Waals surface area contributed by atoms with Crippen molar-refractivity contribution in [2.75, 3.05) is 20.3 Å². The van der Waals surface area contributed by atoms with E-state index in [1.165, 1.54) is 0 Å². The smallest absolute Gasteiger partial charge is 0.410 e. The van der Waals surface area contributed by atoms with E-state index < -0.39 is 11.7 Å². The van der Waals surface area contributed by atoms with E-state index in [1.54, 1.807) is 24.1 Å². The van der Waals surface area contributed by atoms with Crippen molar-refractivity contribution in [1.82, 2.24) is 4.90 Å². The van der Waals surface area contributed by atoms with Gasteiger partial charge in [-0.2, -0.15) is 0 Å². The Bertz CT molecular complexity index is 615. The molecule has 1 amide bonds. The van der Waals surface area contributed by atoms with Crippen LogP contribution in [0.4, 0.5) is 4.79 Å². The topological polar surface area (TPSA) is 59.0 Å².